The Balaban J connectivity index is 0. The second-order valence-corrected chi connectivity index (χ2v) is 8.38. The van der Waals surface area contributed by atoms with Crippen molar-refractivity contribution < 1.29 is 52.2 Å². The highest BCUT2D eigenvalue weighted by Gasteiger charge is 2.02. The fourth-order valence-electron chi connectivity index (χ4n) is 2.82. The SMILES string of the molecule is C.NCCOCCOCCOCCCNC(=O)COCCOCCOCC(=O)NCCCOCCOCCOCCN. The van der Waals surface area contributed by atoms with Gasteiger partial charge < -0.3 is 64.7 Å². The van der Waals surface area contributed by atoms with Crippen LogP contribution in [-0.4, -0.2) is 157 Å². The van der Waals surface area contributed by atoms with Crippen LogP contribution in [0, 0.1) is 0 Å². The molecule has 0 spiro atoms. The van der Waals surface area contributed by atoms with Gasteiger partial charge in [-0.15, -0.1) is 0 Å². The summed E-state index contributed by atoms with van der Waals surface area (Å²) >= 11 is 0. The quantitative estimate of drug-likeness (QED) is 0.0626. The zero-order valence-corrected chi connectivity index (χ0v) is 24.6. The van der Waals surface area contributed by atoms with Crippen LogP contribution in [0.1, 0.15) is 20.3 Å². The lowest BCUT2D eigenvalue weighted by Gasteiger charge is -2.09. The maximum Gasteiger partial charge on any atom is 0.246 e. The van der Waals surface area contributed by atoms with E-state index in [2.05, 4.69) is 10.6 Å². The Morgan fingerprint density at radius 3 is 0.976 bits per heavy atom. The van der Waals surface area contributed by atoms with E-state index in [0.717, 1.165) is 0 Å². The summed E-state index contributed by atoms with van der Waals surface area (Å²) in [5.74, 6) is -0.387. The maximum absolute atomic E-state index is 11.7. The Morgan fingerprint density at radius 2 is 0.667 bits per heavy atom. The Hall–Kier alpha value is -1.50. The van der Waals surface area contributed by atoms with Crippen molar-refractivity contribution in [3.8, 4) is 0 Å². The van der Waals surface area contributed by atoms with Gasteiger partial charge in [0.1, 0.15) is 13.2 Å². The van der Waals surface area contributed by atoms with Crippen molar-refractivity contribution in [1.82, 2.24) is 10.6 Å². The van der Waals surface area contributed by atoms with E-state index in [-0.39, 0.29) is 45.7 Å². The molecule has 0 bridgehead atoms. The normalized spacial score (nSPS) is 10.9. The monoisotopic (exact) mass is 614 g/mol. The van der Waals surface area contributed by atoms with Gasteiger partial charge in [-0.1, -0.05) is 7.43 Å². The number of nitrogens with two attached hydrogens (primary N) is 2. The molecule has 0 saturated heterocycles. The molecule has 2 amide bonds. The van der Waals surface area contributed by atoms with Gasteiger partial charge in [0.2, 0.25) is 11.8 Å². The number of amides is 2. The average molecular weight is 615 g/mol. The summed E-state index contributed by atoms with van der Waals surface area (Å²) in [5.41, 5.74) is 10.6. The summed E-state index contributed by atoms with van der Waals surface area (Å²) in [7, 11) is 0. The van der Waals surface area contributed by atoms with E-state index in [1.54, 1.807) is 0 Å². The van der Waals surface area contributed by atoms with Crippen LogP contribution in [0.25, 0.3) is 0 Å². The number of hydrogen-bond donors (Lipinski definition) is 4. The van der Waals surface area contributed by atoms with E-state index in [4.69, 9.17) is 54.1 Å². The third-order valence-electron chi connectivity index (χ3n) is 4.80. The van der Waals surface area contributed by atoms with Gasteiger partial charge in [0, 0.05) is 39.4 Å². The van der Waals surface area contributed by atoms with Gasteiger partial charge in [-0.2, -0.15) is 0 Å². The molecular formula is C27H58N4O11. The van der Waals surface area contributed by atoms with Crippen molar-refractivity contribution in [2.24, 2.45) is 11.5 Å². The maximum atomic E-state index is 11.7. The largest absolute Gasteiger partial charge is 0.379 e. The van der Waals surface area contributed by atoms with Gasteiger partial charge in [-0.3, -0.25) is 9.59 Å². The molecule has 0 atom stereocenters. The Bertz CT molecular complexity index is 520. The van der Waals surface area contributed by atoms with Crippen LogP contribution < -0.4 is 22.1 Å². The minimum absolute atomic E-state index is 0. The van der Waals surface area contributed by atoms with Crippen LogP contribution in [0.3, 0.4) is 0 Å². The van der Waals surface area contributed by atoms with E-state index in [0.29, 0.717) is 132 Å². The number of nitrogens with one attached hydrogen (secondary N) is 2. The molecule has 0 unspecified atom stereocenters. The molecule has 0 rings (SSSR count). The first kappa shape index (κ1) is 42.6. The van der Waals surface area contributed by atoms with E-state index in [9.17, 15) is 9.59 Å². The first-order valence-corrected chi connectivity index (χ1v) is 14.3. The summed E-state index contributed by atoms with van der Waals surface area (Å²) in [6, 6.07) is 0. The van der Waals surface area contributed by atoms with Crippen molar-refractivity contribution in [2.45, 2.75) is 20.3 Å². The van der Waals surface area contributed by atoms with E-state index < -0.39 is 0 Å². The molecule has 15 heteroatoms. The highest BCUT2D eigenvalue weighted by molar-refractivity contribution is 5.77. The van der Waals surface area contributed by atoms with Crippen molar-refractivity contribution in [1.29, 1.82) is 0 Å². The number of carbonyl (C=O) groups excluding carboxylic acids is 2. The van der Waals surface area contributed by atoms with Crippen LogP contribution in [0.2, 0.25) is 0 Å². The number of hydrogen-bond acceptors (Lipinski definition) is 13. The molecule has 0 aliphatic heterocycles. The van der Waals surface area contributed by atoms with Crippen LogP contribution in [0.5, 0.6) is 0 Å². The number of carbonyl (C=O) groups is 2. The fraction of sp³-hybridized carbons (Fsp3) is 0.926. The molecule has 0 aliphatic rings. The van der Waals surface area contributed by atoms with Crippen LogP contribution in [-0.2, 0) is 52.2 Å². The Kier molecular flexibility index (Phi) is 38.1. The summed E-state index contributed by atoms with van der Waals surface area (Å²) < 4.78 is 47.8. The standard InChI is InChI=1S/C26H54N4O11.CH4/c27-3-9-35-13-17-37-15-11-33-7-1-5-29-25(31)23-40-21-19-39-20-22-41-24-26(32)30-6-2-8-34-12-16-38-18-14-36-10-4-28;/h1-24,27-28H2,(H,29,31)(H,30,32);1H4. The lowest BCUT2D eigenvalue weighted by Crippen LogP contribution is -2.30. The molecule has 42 heavy (non-hydrogen) atoms. The summed E-state index contributed by atoms with van der Waals surface area (Å²) in [6.07, 6.45) is 1.40. The van der Waals surface area contributed by atoms with Crippen molar-refractivity contribution >= 4 is 11.8 Å². The van der Waals surface area contributed by atoms with Crippen molar-refractivity contribution in [3.05, 3.63) is 0 Å². The minimum atomic E-state index is -0.194. The number of rotatable bonds is 34. The van der Waals surface area contributed by atoms with Crippen LogP contribution >= 0.6 is 0 Å². The second kappa shape index (κ2) is 37.5. The lowest BCUT2D eigenvalue weighted by atomic mass is 10.4. The molecule has 0 aromatic rings. The topological polar surface area (TPSA) is 193 Å². The molecule has 15 nitrogen and oxygen atoms in total. The molecule has 0 aromatic heterocycles. The molecule has 252 valence electrons. The van der Waals surface area contributed by atoms with Gasteiger partial charge in [0.25, 0.3) is 0 Å². The fourth-order valence-corrected chi connectivity index (χ4v) is 2.82. The second-order valence-electron chi connectivity index (χ2n) is 8.38. The Morgan fingerprint density at radius 1 is 0.405 bits per heavy atom. The number of ether oxygens (including phenoxy) is 9. The zero-order valence-electron chi connectivity index (χ0n) is 24.6. The van der Waals surface area contributed by atoms with Gasteiger partial charge in [0.05, 0.1) is 92.5 Å². The molecule has 0 fully saturated rings. The summed E-state index contributed by atoms with van der Waals surface area (Å²) in [6.45, 7) is 9.37. The molecule has 0 saturated carbocycles. The predicted octanol–water partition coefficient (Wildman–Crippen LogP) is -1.30. The van der Waals surface area contributed by atoms with Gasteiger partial charge in [0.15, 0.2) is 0 Å². The van der Waals surface area contributed by atoms with Crippen LogP contribution in [0.15, 0.2) is 0 Å². The van der Waals surface area contributed by atoms with Gasteiger partial charge in [-0.25, -0.2) is 0 Å². The van der Waals surface area contributed by atoms with E-state index in [1.807, 2.05) is 0 Å². The molecular weight excluding hydrogens is 556 g/mol. The first-order valence-electron chi connectivity index (χ1n) is 14.3. The summed E-state index contributed by atoms with van der Waals surface area (Å²) in [5, 5.41) is 5.52. The highest BCUT2D eigenvalue weighted by Crippen LogP contribution is 1.87. The molecule has 0 radical (unpaired) electrons. The van der Waals surface area contributed by atoms with Gasteiger partial charge in [-0.05, 0) is 12.8 Å². The third-order valence-corrected chi connectivity index (χ3v) is 4.80. The predicted molar refractivity (Wildman–Crippen MR) is 157 cm³/mol. The molecule has 0 aliphatic carbocycles. The van der Waals surface area contributed by atoms with E-state index >= 15 is 0 Å². The smallest absolute Gasteiger partial charge is 0.246 e. The first-order chi connectivity index (χ1) is 20.2. The highest BCUT2D eigenvalue weighted by atomic mass is 16.6. The minimum Gasteiger partial charge on any atom is -0.379 e. The summed E-state index contributed by atoms with van der Waals surface area (Å²) in [4.78, 5) is 23.5. The molecule has 0 heterocycles. The lowest BCUT2D eigenvalue weighted by molar-refractivity contribution is -0.126. The Labute approximate surface area is 251 Å². The van der Waals surface area contributed by atoms with Gasteiger partial charge >= 0.3 is 0 Å². The molecule has 0 aromatic carbocycles. The third kappa shape index (κ3) is 36.5. The van der Waals surface area contributed by atoms with E-state index in [1.165, 1.54) is 0 Å². The molecule has 6 N–H and O–H groups in total. The zero-order chi connectivity index (χ0) is 29.9. The average Bonchev–Trinajstić information content (AvgIpc) is 2.97. The van der Waals surface area contributed by atoms with Crippen molar-refractivity contribution in [2.75, 3.05) is 145 Å². The van der Waals surface area contributed by atoms with Crippen molar-refractivity contribution in [3.63, 3.8) is 0 Å². The van der Waals surface area contributed by atoms with Crippen LogP contribution in [0.4, 0.5) is 0 Å².